The highest BCUT2D eigenvalue weighted by atomic mass is 35.5. The molecule has 0 bridgehead atoms. The maximum absolute atomic E-state index is 12.3. The van der Waals surface area contributed by atoms with E-state index < -0.39 is 10.0 Å². The summed E-state index contributed by atoms with van der Waals surface area (Å²) >= 11 is 6.68. The molecule has 112 valence electrons. The Morgan fingerprint density at radius 1 is 1.40 bits per heavy atom. The van der Waals surface area contributed by atoms with Gasteiger partial charge in [0.05, 0.1) is 5.69 Å². The van der Waals surface area contributed by atoms with Crippen LogP contribution in [0, 0.1) is 12.8 Å². The first-order chi connectivity index (χ1) is 9.29. The quantitative estimate of drug-likeness (QED) is 0.867. The molecule has 0 unspecified atom stereocenters. The van der Waals surface area contributed by atoms with Gasteiger partial charge in [0.1, 0.15) is 0 Å². The predicted octanol–water partition coefficient (Wildman–Crippen LogP) is 1.43. The SMILES string of the molecule is Cc1nc(Cl)sc1S(=O)(=O)NC1CCC(C(N)=O)CC1. The molecule has 1 aromatic rings. The van der Waals surface area contributed by atoms with Crippen LogP contribution in [0.25, 0.3) is 0 Å². The van der Waals surface area contributed by atoms with Crippen molar-refractivity contribution >= 4 is 38.9 Å². The van der Waals surface area contributed by atoms with Gasteiger partial charge in [-0.1, -0.05) is 22.9 Å². The highest BCUT2D eigenvalue weighted by molar-refractivity contribution is 7.91. The number of nitrogens with one attached hydrogen (secondary N) is 1. The lowest BCUT2D eigenvalue weighted by Gasteiger charge is -2.26. The third-order valence-corrected chi connectivity index (χ3v) is 6.82. The molecule has 0 aromatic carbocycles. The lowest BCUT2D eigenvalue weighted by atomic mass is 9.86. The number of amides is 1. The van der Waals surface area contributed by atoms with Crippen molar-refractivity contribution < 1.29 is 13.2 Å². The Hall–Kier alpha value is -0.700. The maximum Gasteiger partial charge on any atom is 0.252 e. The van der Waals surface area contributed by atoms with Crippen LogP contribution in [0.5, 0.6) is 0 Å². The summed E-state index contributed by atoms with van der Waals surface area (Å²) in [6, 6.07) is -0.170. The Morgan fingerprint density at radius 3 is 2.45 bits per heavy atom. The summed E-state index contributed by atoms with van der Waals surface area (Å²) in [6.45, 7) is 1.61. The molecule has 1 saturated carbocycles. The number of carbonyl (C=O) groups is 1. The number of rotatable bonds is 4. The van der Waals surface area contributed by atoms with Crippen molar-refractivity contribution in [1.29, 1.82) is 0 Å². The topological polar surface area (TPSA) is 102 Å². The van der Waals surface area contributed by atoms with Crippen molar-refractivity contribution in [2.24, 2.45) is 11.7 Å². The molecule has 3 N–H and O–H groups in total. The van der Waals surface area contributed by atoms with Crippen molar-refractivity contribution in [2.45, 2.75) is 42.9 Å². The second-order valence-corrected chi connectivity index (χ2v) is 8.40. The number of halogens is 1. The molecule has 1 fully saturated rings. The fourth-order valence-electron chi connectivity index (χ4n) is 2.37. The van der Waals surface area contributed by atoms with Crippen molar-refractivity contribution in [3.05, 3.63) is 10.2 Å². The molecule has 0 radical (unpaired) electrons. The van der Waals surface area contributed by atoms with E-state index in [4.69, 9.17) is 17.3 Å². The lowest BCUT2D eigenvalue weighted by molar-refractivity contribution is -0.122. The van der Waals surface area contributed by atoms with Gasteiger partial charge in [-0.2, -0.15) is 0 Å². The van der Waals surface area contributed by atoms with Gasteiger partial charge in [0.2, 0.25) is 5.91 Å². The molecule has 1 aliphatic rings. The first-order valence-electron chi connectivity index (χ1n) is 6.24. The highest BCUT2D eigenvalue weighted by Gasteiger charge is 2.29. The van der Waals surface area contributed by atoms with E-state index in [1.54, 1.807) is 6.92 Å². The molecule has 0 spiro atoms. The number of sulfonamides is 1. The third-order valence-electron chi connectivity index (χ3n) is 3.42. The number of hydrogen-bond donors (Lipinski definition) is 2. The summed E-state index contributed by atoms with van der Waals surface area (Å²) < 4.78 is 27.5. The molecule has 2 rings (SSSR count). The summed E-state index contributed by atoms with van der Waals surface area (Å²) in [5, 5.41) is 0. The number of carbonyl (C=O) groups excluding carboxylic acids is 1. The largest absolute Gasteiger partial charge is 0.369 e. The lowest BCUT2D eigenvalue weighted by Crippen LogP contribution is -2.39. The summed E-state index contributed by atoms with van der Waals surface area (Å²) in [7, 11) is -3.60. The van der Waals surface area contributed by atoms with Crippen molar-refractivity contribution in [1.82, 2.24) is 9.71 Å². The molecule has 9 heteroatoms. The Morgan fingerprint density at radius 2 is 2.00 bits per heavy atom. The average molecular weight is 338 g/mol. The van der Waals surface area contributed by atoms with Gasteiger partial charge in [-0.15, -0.1) is 0 Å². The zero-order valence-corrected chi connectivity index (χ0v) is 13.3. The normalized spacial score (nSPS) is 23.7. The van der Waals surface area contributed by atoms with E-state index >= 15 is 0 Å². The summed E-state index contributed by atoms with van der Waals surface area (Å²) in [5.41, 5.74) is 5.66. The van der Waals surface area contributed by atoms with Crippen LogP contribution in [0.2, 0.25) is 4.47 Å². The summed E-state index contributed by atoms with van der Waals surface area (Å²) in [5.74, 6) is -0.452. The number of nitrogens with zero attached hydrogens (tertiary/aromatic N) is 1. The van der Waals surface area contributed by atoms with Gasteiger partial charge >= 0.3 is 0 Å². The molecular weight excluding hydrogens is 322 g/mol. The zero-order valence-electron chi connectivity index (χ0n) is 10.9. The Labute approximate surface area is 126 Å². The molecule has 0 atom stereocenters. The van der Waals surface area contributed by atoms with Crippen LogP contribution in [0.15, 0.2) is 4.21 Å². The molecule has 6 nitrogen and oxygen atoms in total. The van der Waals surface area contributed by atoms with Gasteiger partial charge in [-0.3, -0.25) is 4.79 Å². The van der Waals surface area contributed by atoms with Crippen LogP contribution >= 0.6 is 22.9 Å². The van der Waals surface area contributed by atoms with Gasteiger partial charge < -0.3 is 5.73 Å². The minimum absolute atomic E-state index is 0.143. The van der Waals surface area contributed by atoms with E-state index in [1.807, 2.05) is 0 Å². The molecule has 1 amide bonds. The molecule has 1 aromatic heterocycles. The Kier molecular flexibility index (Phi) is 4.68. The fraction of sp³-hybridized carbons (Fsp3) is 0.636. The average Bonchev–Trinajstić information content (AvgIpc) is 2.69. The monoisotopic (exact) mass is 337 g/mol. The minimum atomic E-state index is -3.60. The summed E-state index contributed by atoms with van der Waals surface area (Å²) in [4.78, 5) is 15.0. The number of nitrogens with two attached hydrogens (primary N) is 1. The van der Waals surface area contributed by atoms with Crippen LogP contribution in [0.3, 0.4) is 0 Å². The van der Waals surface area contributed by atoms with Crippen molar-refractivity contribution in [2.75, 3.05) is 0 Å². The van der Waals surface area contributed by atoms with E-state index in [0.717, 1.165) is 11.3 Å². The smallest absolute Gasteiger partial charge is 0.252 e. The molecule has 0 aliphatic heterocycles. The number of aryl methyl sites for hydroxylation is 1. The third kappa shape index (κ3) is 3.49. The standard InChI is InChI=1S/C11H16ClN3O3S2/c1-6-10(19-11(12)14-6)20(17,18)15-8-4-2-7(3-5-8)9(13)16/h7-8,15H,2-5H2,1H3,(H2,13,16). The molecule has 20 heavy (non-hydrogen) atoms. The number of hydrogen-bond acceptors (Lipinski definition) is 5. The predicted molar refractivity (Wildman–Crippen MR) is 77.1 cm³/mol. The molecule has 1 heterocycles. The van der Waals surface area contributed by atoms with Gasteiger partial charge in [-0.05, 0) is 32.6 Å². The Balaban J connectivity index is 2.03. The van der Waals surface area contributed by atoms with Crippen LogP contribution in [0.1, 0.15) is 31.4 Å². The number of aromatic nitrogens is 1. The van der Waals surface area contributed by atoms with Gasteiger partial charge in [0.15, 0.2) is 8.68 Å². The van der Waals surface area contributed by atoms with Crippen LogP contribution in [-0.2, 0) is 14.8 Å². The number of thiazole rings is 1. The number of primary amides is 1. The van der Waals surface area contributed by atoms with Crippen LogP contribution in [0.4, 0.5) is 0 Å². The van der Waals surface area contributed by atoms with Crippen molar-refractivity contribution in [3.8, 4) is 0 Å². The van der Waals surface area contributed by atoms with Crippen LogP contribution < -0.4 is 10.5 Å². The second-order valence-electron chi connectivity index (χ2n) is 4.91. The fourth-order valence-corrected chi connectivity index (χ4v) is 5.43. The second kappa shape index (κ2) is 5.97. The van der Waals surface area contributed by atoms with Gasteiger partial charge in [0.25, 0.3) is 10.0 Å². The van der Waals surface area contributed by atoms with E-state index in [-0.39, 0.29) is 26.5 Å². The van der Waals surface area contributed by atoms with Gasteiger partial charge in [-0.25, -0.2) is 18.1 Å². The highest BCUT2D eigenvalue weighted by Crippen LogP contribution is 2.29. The minimum Gasteiger partial charge on any atom is -0.369 e. The first kappa shape index (κ1) is 15.7. The molecule has 1 aliphatic carbocycles. The summed E-state index contributed by atoms with van der Waals surface area (Å²) in [6.07, 6.45) is 2.45. The first-order valence-corrected chi connectivity index (χ1v) is 8.92. The Bertz CT molecular complexity index is 606. The zero-order chi connectivity index (χ0) is 14.9. The van der Waals surface area contributed by atoms with Gasteiger partial charge in [0, 0.05) is 12.0 Å². The van der Waals surface area contributed by atoms with E-state index in [9.17, 15) is 13.2 Å². The molecular formula is C11H16ClN3O3S2. The molecule has 0 saturated heterocycles. The van der Waals surface area contributed by atoms with E-state index in [0.29, 0.717) is 31.4 Å². The van der Waals surface area contributed by atoms with Crippen molar-refractivity contribution in [3.63, 3.8) is 0 Å². The van der Waals surface area contributed by atoms with E-state index in [1.165, 1.54) is 0 Å². The maximum atomic E-state index is 12.3. The van der Waals surface area contributed by atoms with E-state index in [2.05, 4.69) is 9.71 Å². The van der Waals surface area contributed by atoms with Crippen LogP contribution in [-0.4, -0.2) is 25.4 Å².